The van der Waals surface area contributed by atoms with Crippen molar-refractivity contribution >= 4 is 87.2 Å². The number of benzene rings is 7. The van der Waals surface area contributed by atoms with Crippen LogP contribution in [0.2, 0.25) is 0 Å². The molecule has 8 heterocycles. The third-order valence-electron chi connectivity index (χ3n) is 14.5. The van der Waals surface area contributed by atoms with Gasteiger partial charge in [0.2, 0.25) is 5.95 Å². The summed E-state index contributed by atoms with van der Waals surface area (Å²) in [5.41, 5.74) is 13.3. The van der Waals surface area contributed by atoms with Gasteiger partial charge in [0.05, 0.1) is 68.6 Å². The maximum atomic E-state index is 5.54. The van der Waals surface area contributed by atoms with Crippen molar-refractivity contribution < 1.29 is 0 Å². The van der Waals surface area contributed by atoms with Crippen molar-refractivity contribution in [1.82, 2.24) is 48.2 Å². The number of nitrogens with zero attached hydrogens (tertiary/aromatic N) is 10. The Bertz CT molecular complexity index is 4310. The lowest BCUT2D eigenvalue weighted by molar-refractivity contribution is 0.738. The topological polar surface area (TPSA) is 97.1 Å². The fourth-order valence-corrected chi connectivity index (χ4v) is 11.4. The number of hydrogen-bond acceptors (Lipinski definition) is 6. The molecule has 0 radical (unpaired) electrons. The van der Waals surface area contributed by atoms with Crippen LogP contribution in [0.5, 0.6) is 0 Å². The summed E-state index contributed by atoms with van der Waals surface area (Å²) in [5.74, 6) is 1.65. The summed E-state index contributed by atoms with van der Waals surface area (Å²) in [6, 6.07) is 64.1. The van der Waals surface area contributed by atoms with Crippen molar-refractivity contribution in [3.05, 3.63) is 225 Å². The fraction of sp³-hybridized carbons (Fsp3) is 0.0323. The van der Waals surface area contributed by atoms with E-state index < -0.39 is 0 Å². The zero-order valence-corrected chi connectivity index (χ0v) is 38.7. The lowest BCUT2D eigenvalue weighted by Crippen LogP contribution is -2.12. The maximum absolute atomic E-state index is 5.54. The van der Waals surface area contributed by atoms with Gasteiger partial charge in [0.1, 0.15) is 0 Å². The Labute approximate surface area is 411 Å². The van der Waals surface area contributed by atoms with Gasteiger partial charge in [0.15, 0.2) is 11.6 Å². The molecule has 338 valence electrons. The van der Waals surface area contributed by atoms with Crippen LogP contribution in [0, 0.1) is 0 Å². The van der Waals surface area contributed by atoms with Crippen molar-refractivity contribution in [2.75, 3.05) is 0 Å². The highest BCUT2D eigenvalue weighted by Gasteiger charge is 2.25. The molecule has 0 amide bonds. The van der Waals surface area contributed by atoms with Gasteiger partial charge in [-0.05, 0) is 67.1 Å². The Balaban J connectivity index is 1.08. The molecule has 15 rings (SSSR count). The van der Waals surface area contributed by atoms with Crippen LogP contribution >= 0.6 is 0 Å². The van der Waals surface area contributed by atoms with Crippen LogP contribution in [-0.4, -0.2) is 48.2 Å². The van der Waals surface area contributed by atoms with E-state index in [1.807, 2.05) is 55.4 Å². The molecule has 0 fully saturated rings. The predicted molar refractivity (Wildman–Crippen MR) is 290 cm³/mol. The van der Waals surface area contributed by atoms with E-state index in [1.54, 1.807) is 0 Å². The van der Waals surface area contributed by atoms with Crippen molar-refractivity contribution in [3.8, 4) is 40.1 Å². The second kappa shape index (κ2) is 15.9. The van der Waals surface area contributed by atoms with Crippen LogP contribution < -0.4 is 0 Å². The molecule has 72 heavy (non-hydrogen) atoms. The van der Waals surface area contributed by atoms with Crippen molar-refractivity contribution in [2.24, 2.45) is 0 Å². The third-order valence-corrected chi connectivity index (χ3v) is 14.5. The van der Waals surface area contributed by atoms with Gasteiger partial charge in [-0.15, -0.1) is 0 Å². The van der Waals surface area contributed by atoms with Gasteiger partial charge in [-0.2, -0.15) is 9.97 Å². The molecule has 15 aromatic rings. The lowest BCUT2D eigenvalue weighted by Gasteiger charge is -2.22. The largest absolute Gasteiger partial charge is 0.339 e. The SMILES string of the molecule is c1ccc(-c2nc(-c3cc(-n4c5ccccc5c5ccncc54)c(CCn4c5ccccc5c5ccncc54)c(-n4c5ccccc5c5ccncc54)c3)nc(-n3c4ccccc4c4ccccc43)n2)cc1. The van der Waals surface area contributed by atoms with Gasteiger partial charge in [0, 0.05) is 90.4 Å². The molecule has 0 saturated carbocycles. The highest BCUT2D eigenvalue weighted by Crippen LogP contribution is 2.41. The Hall–Kier alpha value is -9.80. The molecular weight excluding hydrogens is 885 g/mol. The number of aromatic nitrogens is 10. The average Bonchev–Trinajstić information content (AvgIpc) is 4.18. The van der Waals surface area contributed by atoms with Gasteiger partial charge in [0.25, 0.3) is 0 Å². The van der Waals surface area contributed by atoms with Gasteiger partial charge in [-0.1, -0.05) is 121 Å². The summed E-state index contributed by atoms with van der Waals surface area (Å²) in [6.45, 7) is 0.668. The summed E-state index contributed by atoms with van der Waals surface area (Å²) in [6.07, 6.45) is 12.3. The van der Waals surface area contributed by atoms with Crippen LogP contribution in [0.3, 0.4) is 0 Å². The van der Waals surface area contributed by atoms with Crippen LogP contribution in [0.15, 0.2) is 219 Å². The van der Waals surface area contributed by atoms with Gasteiger partial charge in [-0.25, -0.2) is 4.98 Å². The summed E-state index contributed by atoms with van der Waals surface area (Å²) in [5, 5.41) is 9.16. The lowest BCUT2D eigenvalue weighted by atomic mass is 10.0. The second-order valence-corrected chi connectivity index (χ2v) is 18.3. The second-order valence-electron chi connectivity index (χ2n) is 18.3. The molecule has 0 aliphatic heterocycles. The van der Waals surface area contributed by atoms with E-state index in [-0.39, 0.29) is 0 Å². The van der Waals surface area contributed by atoms with Gasteiger partial charge in [-0.3, -0.25) is 19.5 Å². The van der Waals surface area contributed by atoms with Crippen molar-refractivity contribution in [2.45, 2.75) is 13.0 Å². The Morgan fingerprint density at radius 1 is 0.319 bits per heavy atom. The molecular formula is C62H40N10. The maximum Gasteiger partial charge on any atom is 0.238 e. The number of para-hydroxylation sites is 5. The molecule has 0 bridgehead atoms. The van der Waals surface area contributed by atoms with E-state index in [9.17, 15) is 0 Å². The van der Waals surface area contributed by atoms with Gasteiger partial charge < -0.3 is 13.7 Å². The molecule has 0 N–H and O–H groups in total. The van der Waals surface area contributed by atoms with E-state index in [2.05, 4.69) is 187 Å². The number of aryl methyl sites for hydroxylation is 1. The molecule has 0 aliphatic rings. The quantitative estimate of drug-likeness (QED) is 0.151. The van der Waals surface area contributed by atoms with E-state index in [4.69, 9.17) is 24.9 Å². The van der Waals surface area contributed by atoms with Crippen molar-refractivity contribution in [3.63, 3.8) is 0 Å². The average molecular weight is 925 g/mol. The van der Waals surface area contributed by atoms with E-state index in [1.165, 1.54) is 16.3 Å². The Morgan fingerprint density at radius 3 is 1.22 bits per heavy atom. The zero-order valence-electron chi connectivity index (χ0n) is 38.7. The highest BCUT2D eigenvalue weighted by atomic mass is 15.2. The van der Waals surface area contributed by atoms with Crippen LogP contribution in [-0.2, 0) is 13.0 Å². The first-order valence-corrected chi connectivity index (χ1v) is 24.2. The Morgan fingerprint density at radius 2 is 0.708 bits per heavy atom. The van der Waals surface area contributed by atoms with Gasteiger partial charge >= 0.3 is 0 Å². The number of hydrogen-bond donors (Lipinski definition) is 0. The summed E-state index contributed by atoms with van der Waals surface area (Å²) in [4.78, 5) is 30.5. The molecule has 0 spiro atoms. The minimum atomic E-state index is 0.533. The summed E-state index contributed by atoms with van der Waals surface area (Å²) in [7, 11) is 0. The third kappa shape index (κ3) is 6.02. The number of rotatable bonds is 8. The first-order valence-electron chi connectivity index (χ1n) is 24.2. The minimum absolute atomic E-state index is 0.533. The summed E-state index contributed by atoms with van der Waals surface area (Å²) >= 11 is 0. The van der Waals surface area contributed by atoms with Crippen molar-refractivity contribution in [1.29, 1.82) is 0 Å². The van der Waals surface area contributed by atoms with Crippen LogP contribution in [0.4, 0.5) is 0 Å². The molecule has 0 atom stereocenters. The predicted octanol–water partition coefficient (Wildman–Crippen LogP) is 14.0. The van der Waals surface area contributed by atoms with Crippen LogP contribution in [0.1, 0.15) is 5.56 Å². The van der Waals surface area contributed by atoms with Crippen LogP contribution in [0.25, 0.3) is 127 Å². The van der Waals surface area contributed by atoms with E-state index >= 15 is 0 Å². The molecule has 0 aliphatic carbocycles. The summed E-state index contributed by atoms with van der Waals surface area (Å²) < 4.78 is 9.39. The molecule has 10 nitrogen and oxygen atoms in total. The minimum Gasteiger partial charge on any atom is -0.339 e. The smallest absolute Gasteiger partial charge is 0.238 e. The fourth-order valence-electron chi connectivity index (χ4n) is 11.4. The molecule has 10 heteroatoms. The highest BCUT2D eigenvalue weighted by molar-refractivity contribution is 6.12. The number of pyridine rings is 3. The normalized spacial score (nSPS) is 12.0. The first kappa shape index (κ1) is 40.1. The first-order chi connectivity index (χ1) is 35.7. The standard InChI is InChI=1S/C62H40N10/c1-2-14-39(15-3-1)60-66-61(68-62(67-60)72-53-24-12-7-17-42(53)43-18-8-13-25-54(43)72)40-34-55(70-51-22-10-5-19-44(51)47-27-31-64-37-58(47)70)49(29-33-69-50-21-9-4-16-41(50)46-26-30-63-36-57(46)69)56(35-40)71-52-23-11-6-20-45(52)48-28-32-65-38-59(48)71/h1-28,30-32,34-38H,29,33H2. The zero-order chi connectivity index (χ0) is 47.3. The number of fused-ring (bicyclic) bond motifs is 12. The monoisotopic (exact) mass is 924 g/mol. The molecule has 8 aromatic heterocycles. The van der Waals surface area contributed by atoms with E-state index in [0.717, 1.165) is 99.0 Å². The molecule has 0 saturated heterocycles. The van der Waals surface area contributed by atoms with E-state index in [0.29, 0.717) is 30.6 Å². The molecule has 7 aromatic carbocycles. The Kier molecular flexibility index (Phi) is 8.85. The molecule has 0 unspecified atom stereocenters.